The first kappa shape index (κ1) is 20.2. The minimum Gasteiger partial charge on any atom is -0.376 e. The first-order chi connectivity index (χ1) is 13.9. The lowest BCUT2D eigenvalue weighted by molar-refractivity contribution is -0.137. The summed E-state index contributed by atoms with van der Waals surface area (Å²) in [6.07, 6.45) is -0.125. The standard InChI is InChI=1S/C19H21F3N4O2S/c20-19(21,22)13-3-1-4-14(9-13)23-16(27)11-29-18-25-24-17(12-6-7-12)26(18)10-15-5-2-8-28-15/h1,3-4,9,12,15H,2,5-8,10-11H2,(H,23,27). The predicted octanol–water partition coefficient (Wildman–Crippen LogP) is 4.08. The molecule has 1 aromatic carbocycles. The van der Waals surface area contributed by atoms with Crippen LogP contribution >= 0.6 is 11.8 Å². The molecule has 2 aliphatic rings. The van der Waals surface area contributed by atoms with E-state index in [9.17, 15) is 18.0 Å². The van der Waals surface area contributed by atoms with Gasteiger partial charge in [-0.25, -0.2) is 0 Å². The fraction of sp³-hybridized carbons (Fsp3) is 0.526. The Kier molecular flexibility index (Phi) is 5.82. The number of benzene rings is 1. The minimum absolute atomic E-state index is 0.0323. The number of hydrogen-bond donors (Lipinski definition) is 1. The first-order valence-electron chi connectivity index (χ1n) is 9.55. The molecule has 1 unspecified atom stereocenters. The zero-order valence-corrected chi connectivity index (χ0v) is 16.4. The quantitative estimate of drug-likeness (QED) is 0.676. The molecule has 1 atom stereocenters. The Morgan fingerprint density at radius 1 is 1.28 bits per heavy atom. The van der Waals surface area contributed by atoms with E-state index in [1.807, 2.05) is 4.57 Å². The van der Waals surface area contributed by atoms with Gasteiger partial charge in [-0.2, -0.15) is 13.2 Å². The highest BCUT2D eigenvalue weighted by Gasteiger charge is 2.32. The van der Waals surface area contributed by atoms with Crippen molar-refractivity contribution in [2.75, 3.05) is 17.7 Å². The summed E-state index contributed by atoms with van der Waals surface area (Å²) in [5.74, 6) is 0.984. The number of nitrogens with zero attached hydrogens (tertiary/aromatic N) is 3. The van der Waals surface area contributed by atoms with E-state index in [1.54, 1.807) is 0 Å². The number of thioether (sulfide) groups is 1. The van der Waals surface area contributed by atoms with Crippen molar-refractivity contribution in [1.29, 1.82) is 0 Å². The van der Waals surface area contributed by atoms with Gasteiger partial charge < -0.3 is 14.6 Å². The Labute approximate surface area is 170 Å². The Balaban J connectivity index is 1.39. The van der Waals surface area contributed by atoms with Crippen molar-refractivity contribution in [3.8, 4) is 0 Å². The second kappa shape index (κ2) is 8.35. The number of amides is 1. The number of anilines is 1. The van der Waals surface area contributed by atoms with Gasteiger partial charge in [0.15, 0.2) is 5.16 Å². The van der Waals surface area contributed by atoms with Gasteiger partial charge in [0.1, 0.15) is 5.82 Å². The lowest BCUT2D eigenvalue weighted by Gasteiger charge is -2.14. The Morgan fingerprint density at radius 2 is 2.10 bits per heavy atom. The third kappa shape index (κ3) is 5.11. The molecule has 1 N–H and O–H groups in total. The van der Waals surface area contributed by atoms with Gasteiger partial charge in [-0.3, -0.25) is 4.79 Å². The van der Waals surface area contributed by atoms with E-state index in [0.717, 1.165) is 50.2 Å². The Bertz CT molecular complexity index is 877. The summed E-state index contributed by atoms with van der Waals surface area (Å²) in [7, 11) is 0. The van der Waals surface area contributed by atoms with Crippen molar-refractivity contribution in [1.82, 2.24) is 14.8 Å². The molecule has 2 aromatic rings. The van der Waals surface area contributed by atoms with Crippen molar-refractivity contribution >= 4 is 23.4 Å². The van der Waals surface area contributed by atoms with E-state index >= 15 is 0 Å². The van der Waals surface area contributed by atoms with Crippen LogP contribution in [0.5, 0.6) is 0 Å². The van der Waals surface area contributed by atoms with Crippen molar-refractivity contribution in [2.24, 2.45) is 0 Å². The Morgan fingerprint density at radius 3 is 2.79 bits per heavy atom. The van der Waals surface area contributed by atoms with E-state index in [1.165, 1.54) is 23.9 Å². The number of alkyl halides is 3. The fourth-order valence-electron chi connectivity index (χ4n) is 3.31. The molecule has 1 aliphatic heterocycles. The van der Waals surface area contributed by atoms with Crippen molar-refractivity contribution in [2.45, 2.75) is 55.6 Å². The molecule has 6 nitrogen and oxygen atoms in total. The average molecular weight is 426 g/mol. The number of ether oxygens (including phenoxy) is 1. The molecule has 0 spiro atoms. The molecule has 156 valence electrons. The number of halogens is 3. The largest absolute Gasteiger partial charge is 0.416 e. The van der Waals surface area contributed by atoms with Crippen LogP contribution in [0.1, 0.15) is 43.0 Å². The maximum absolute atomic E-state index is 12.8. The number of carbonyl (C=O) groups excluding carboxylic acids is 1. The van der Waals surface area contributed by atoms with Gasteiger partial charge in [0, 0.05) is 18.2 Å². The number of aromatic nitrogens is 3. The number of hydrogen-bond acceptors (Lipinski definition) is 5. The van der Waals surface area contributed by atoms with Gasteiger partial charge in [-0.1, -0.05) is 17.8 Å². The van der Waals surface area contributed by atoms with Crippen LogP contribution in [-0.4, -0.2) is 39.1 Å². The summed E-state index contributed by atoms with van der Waals surface area (Å²) >= 11 is 1.23. The predicted molar refractivity (Wildman–Crippen MR) is 102 cm³/mol. The van der Waals surface area contributed by atoms with Gasteiger partial charge in [0.2, 0.25) is 5.91 Å². The van der Waals surface area contributed by atoms with Gasteiger partial charge >= 0.3 is 6.18 Å². The van der Waals surface area contributed by atoms with E-state index in [2.05, 4.69) is 15.5 Å². The maximum Gasteiger partial charge on any atom is 0.416 e. The zero-order chi connectivity index (χ0) is 20.4. The summed E-state index contributed by atoms with van der Waals surface area (Å²) in [4.78, 5) is 12.3. The normalized spacial score (nSPS) is 19.5. The third-order valence-corrected chi connectivity index (χ3v) is 5.87. The molecule has 1 amide bonds. The van der Waals surface area contributed by atoms with Crippen LogP contribution in [0.3, 0.4) is 0 Å². The number of carbonyl (C=O) groups is 1. The van der Waals surface area contributed by atoms with E-state index in [4.69, 9.17) is 4.74 Å². The third-order valence-electron chi connectivity index (χ3n) is 4.90. The molecule has 4 rings (SSSR count). The van der Waals surface area contributed by atoms with Crippen LogP contribution in [0.2, 0.25) is 0 Å². The minimum atomic E-state index is -4.45. The Hall–Kier alpha value is -2.07. The molecular formula is C19H21F3N4O2S. The second-order valence-electron chi connectivity index (χ2n) is 7.28. The van der Waals surface area contributed by atoms with Gasteiger partial charge in [-0.15, -0.1) is 10.2 Å². The summed E-state index contributed by atoms with van der Waals surface area (Å²) in [6, 6.07) is 4.60. The van der Waals surface area contributed by atoms with Crippen LogP contribution in [-0.2, 0) is 22.3 Å². The molecule has 1 aliphatic carbocycles. The smallest absolute Gasteiger partial charge is 0.376 e. The zero-order valence-electron chi connectivity index (χ0n) is 15.6. The SMILES string of the molecule is O=C(CSc1nnc(C2CC2)n1CC1CCCO1)Nc1cccc(C(F)(F)F)c1. The summed E-state index contributed by atoms with van der Waals surface area (Å²) < 4.78 is 46.2. The van der Waals surface area contributed by atoms with E-state index in [-0.39, 0.29) is 17.5 Å². The highest BCUT2D eigenvalue weighted by molar-refractivity contribution is 7.99. The van der Waals surface area contributed by atoms with E-state index < -0.39 is 17.6 Å². The number of rotatable bonds is 7. The van der Waals surface area contributed by atoms with Crippen LogP contribution in [0, 0.1) is 0 Å². The molecule has 0 radical (unpaired) electrons. The number of nitrogens with one attached hydrogen (secondary N) is 1. The fourth-order valence-corrected chi connectivity index (χ4v) is 4.07. The molecular weight excluding hydrogens is 405 g/mol. The summed E-state index contributed by atoms with van der Waals surface area (Å²) in [5, 5.41) is 11.7. The average Bonchev–Trinajstić information content (AvgIpc) is 3.24. The molecule has 0 bridgehead atoms. The van der Waals surface area contributed by atoms with Crippen LogP contribution in [0.15, 0.2) is 29.4 Å². The molecule has 1 saturated carbocycles. The van der Waals surface area contributed by atoms with Crippen LogP contribution < -0.4 is 5.32 Å². The summed E-state index contributed by atoms with van der Waals surface area (Å²) in [5.41, 5.74) is -0.682. The van der Waals surface area contributed by atoms with Crippen molar-refractivity contribution in [3.05, 3.63) is 35.7 Å². The molecule has 10 heteroatoms. The maximum atomic E-state index is 12.8. The molecule has 1 aromatic heterocycles. The molecule has 29 heavy (non-hydrogen) atoms. The summed E-state index contributed by atoms with van der Waals surface area (Å²) in [6.45, 7) is 1.42. The lowest BCUT2D eigenvalue weighted by Crippen LogP contribution is -2.19. The topological polar surface area (TPSA) is 69.0 Å². The van der Waals surface area contributed by atoms with Crippen LogP contribution in [0.25, 0.3) is 0 Å². The van der Waals surface area contributed by atoms with Crippen molar-refractivity contribution < 1.29 is 22.7 Å². The molecule has 1 saturated heterocycles. The van der Waals surface area contributed by atoms with E-state index in [0.29, 0.717) is 17.6 Å². The van der Waals surface area contributed by atoms with Gasteiger partial charge in [0.25, 0.3) is 0 Å². The highest BCUT2D eigenvalue weighted by atomic mass is 32.2. The first-order valence-corrected chi connectivity index (χ1v) is 10.5. The van der Waals surface area contributed by atoms with Crippen molar-refractivity contribution in [3.63, 3.8) is 0 Å². The van der Waals surface area contributed by atoms with Gasteiger partial charge in [-0.05, 0) is 43.9 Å². The molecule has 2 heterocycles. The lowest BCUT2D eigenvalue weighted by atomic mass is 10.2. The second-order valence-corrected chi connectivity index (χ2v) is 8.22. The monoisotopic (exact) mass is 426 g/mol. The van der Waals surface area contributed by atoms with Gasteiger partial charge in [0.05, 0.1) is 24.0 Å². The molecule has 2 fully saturated rings. The highest BCUT2D eigenvalue weighted by Crippen LogP contribution is 2.40. The van der Waals surface area contributed by atoms with Crippen LogP contribution in [0.4, 0.5) is 18.9 Å².